The number of likely N-dealkylation sites (tertiary alicyclic amines) is 1. The van der Waals surface area contributed by atoms with Crippen molar-refractivity contribution in [1.29, 1.82) is 0 Å². The fourth-order valence-corrected chi connectivity index (χ4v) is 6.27. The van der Waals surface area contributed by atoms with Crippen molar-refractivity contribution in [2.24, 2.45) is 0 Å². The molecule has 1 aliphatic heterocycles. The topological polar surface area (TPSA) is 135 Å². The number of carbonyl (C=O) groups excluding carboxylic acids is 2. The van der Waals surface area contributed by atoms with Gasteiger partial charge in [-0.3, -0.25) is 9.59 Å². The molecular formula is C33H41FN4O7S. The molecule has 1 aromatic heterocycles. The highest BCUT2D eigenvalue weighted by Crippen LogP contribution is 2.36. The van der Waals surface area contributed by atoms with Crippen molar-refractivity contribution in [3.63, 3.8) is 0 Å². The number of aryl methyl sites for hydroxylation is 1. The van der Waals surface area contributed by atoms with Crippen LogP contribution in [0.4, 0.5) is 10.1 Å². The van der Waals surface area contributed by atoms with Crippen LogP contribution in [-0.2, 0) is 14.3 Å². The number of nitrogens with zero attached hydrogens (tertiary/aromatic N) is 3. The molecule has 13 heteroatoms. The summed E-state index contributed by atoms with van der Waals surface area (Å²) in [6, 6.07) is 10.6. The first-order valence-electron chi connectivity index (χ1n) is 15.2. The van der Waals surface area contributed by atoms with Crippen molar-refractivity contribution in [2.45, 2.75) is 58.1 Å². The van der Waals surface area contributed by atoms with Gasteiger partial charge in [0.1, 0.15) is 23.2 Å². The summed E-state index contributed by atoms with van der Waals surface area (Å²) in [6.07, 6.45) is 0.533. The van der Waals surface area contributed by atoms with Gasteiger partial charge in [0.25, 0.3) is 5.91 Å². The van der Waals surface area contributed by atoms with Crippen LogP contribution in [0.3, 0.4) is 0 Å². The van der Waals surface area contributed by atoms with E-state index >= 15 is 0 Å². The number of anilines is 1. The number of rotatable bonds is 15. The Labute approximate surface area is 272 Å². The smallest absolute Gasteiger partial charge is 0.302 e. The molecule has 0 saturated carbocycles. The molecule has 1 saturated heterocycles. The zero-order chi connectivity index (χ0) is 33.2. The normalized spacial score (nSPS) is 16.6. The van der Waals surface area contributed by atoms with Gasteiger partial charge in [0.05, 0.1) is 44.2 Å². The van der Waals surface area contributed by atoms with Crippen molar-refractivity contribution in [1.82, 2.24) is 14.9 Å². The maximum Gasteiger partial charge on any atom is 0.302 e. The summed E-state index contributed by atoms with van der Waals surface area (Å²) < 4.78 is 42.2. The number of thioether (sulfide) groups is 1. The Morgan fingerprint density at radius 1 is 1.09 bits per heavy atom. The average Bonchev–Trinajstić information content (AvgIpc) is 3.43. The molecule has 3 aromatic rings. The number of nitrogens with two attached hydrogens (primary N) is 1. The first-order chi connectivity index (χ1) is 22.1. The van der Waals surface area contributed by atoms with Gasteiger partial charge in [-0.2, -0.15) is 4.98 Å². The Morgan fingerprint density at radius 3 is 2.50 bits per heavy atom. The zero-order valence-corrected chi connectivity index (χ0v) is 27.6. The van der Waals surface area contributed by atoms with E-state index in [1.165, 1.54) is 26.2 Å². The first-order valence-corrected chi connectivity index (χ1v) is 16.2. The summed E-state index contributed by atoms with van der Waals surface area (Å²) in [4.78, 5) is 36.0. The molecule has 1 fully saturated rings. The van der Waals surface area contributed by atoms with Crippen molar-refractivity contribution in [3.8, 4) is 28.6 Å². The minimum atomic E-state index is -0.444. The summed E-state index contributed by atoms with van der Waals surface area (Å²) >= 11 is 1.60. The number of aromatic nitrogens is 2. The number of halogens is 1. The Morgan fingerprint density at radius 2 is 1.83 bits per heavy atom. The minimum Gasteiger partial charge on any atom is -0.493 e. The van der Waals surface area contributed by atoms with Gasteiger partial charge in [-0.25, -0.2) is 9.37 Å². The molecule has 2 heterocycles. The van der Waals surface area contributed by atoms with E-state index in [-0.39, 0.29) is 47.6 Å². The number of hydrogen-bond donors (Lipinski definition) is 1. The highest BCUT2D eigenvalue weighted by atomic mass is 32.2. The lowest BCUT2D eigenvalue weighted by Gasteiger charge is -2.31. The van der Waals surface area contributed by atoms with Gasteiger partial charge >= 0.3 is 5.97 Å². The van der Waals surface area contributed by atoms with E-state index < -0.39 is 12.1 Å². The Kier molecular flexibility index (Phi) is 12.4. The molecule has 2 N–H and O–H groups in total. The largest absolute Gasteiger partial charge is 0.493 e. The van der Waals surface area contributed by atoms with E-state index in [0.29, 0.717) is 55.0 Å². The highest BCUT2D eigenvalue weighted by molar-refractivity contribution is 7.99. The number of methoxy groups -OCH3 is 1. The molecule has 4 rings (SSSR count). The quantitative estimate of drug-likeness (QED) is 0.0989. The molecular weight excluding hydrogens is 615 g/mol. The number of nitrogen functional groups attached to an aromatic ring is 1. The van der Waals surface area contributed by atoms with Crippen molar-refractivity contribution < 1.29 is 37.7 Å². The van der Waals surface area contributed by atoms with Crippen molar-refractivity contribution >= 4 is 29.3 Å². The molecule has 0 radical (unpaired) electrons. The maximum absolute atomic E-state index is 13.9. The third-order valence-corrected chi connectivity index (χ3v) is 8.30. The fourth-order valence-electron chi connectivity index (χ4n) is 5.22. The van der Waals surface area contributed by atoms with Crippen LogP contribution in [0.2, 0.25) is 0 Å². The second-order valence-corrected chi connectivity index (χ2v) is 11.9. The third-order valence-electron chi connectivity index (χ3n) is 7.19. The van der Waals surface area contributed by atoms with Crippen LogP contribution in [0.1, 0.15) is 49.8 Å². The minimum absolute atomic E-state index is 0.229. The monoisotopic (exact) mass is 656 g/mol. The summed E-state index contributed by atoms with van der Waals surface area (Å²) in [5.74, 6) is 1.44. The van der Waals surface area contributed by atoms with Crippen molar-refractivity contribution in [3.05, 3.63) is 59.7 Å². The second-order valence-electron chi connectivity index (χ2n) is 10.6. The number of amides is 1. The molecule has 248 valence electrons. The van der Waals surface area contributed by atoms with E-state index in [2.05, 4.69) is 9.97 Å². The summed E-state index contributed by atoms with van der Waals surface area (Å²) in [7, 11) is 1.49. The highest BCUT2D eigenvalue weighted by Gasteiger charge is 2.42. The molecule has 1 aliphatic rings. The van der Waals surface area contributed by atoms with Crippen LogP contribution in [0, 0.1) is 12.7 Å². The van der Waals surface area contributed by atoms with Gasteiger partial charge in [-0.15, -0.1) is 11.8 Å². The Balaban J connectivity index is 1.40. The molecule has 1 unspecified atom stereocenters. The predicted octanol–water partition coefficient (Wildman–Crippen LogP) is 5.29. The summed E-state index contributed by atoms with van der Waals surface area (Å²) in [6.45, 7) is 8.35. The second kappa shape index (κ2) is 16.5. The zero-order valence-electron chi connectivity index (χ0n) is 26.8. The average molecular weight is 657 g/mol. The van der Waals surface area contributed by atoms with E-state index in [0.717, 1.165) is 11.3 Å². The van der Waals surface area contributed by atoms with Gasteiger partial charge in [0, 0.05) is 49.8 Å². The van der Waals surface area contributed by atoms with Crippen LogP contribution < -0.4 is 19.9 Å². The standard InChI is InChI=1S/C33H41FN4O7S/c1-6-42-33(46-7-2)28-15-24(45-21(4)39)19-38(28)32(40)25-16-29(41-5)30(17-26(25)35)43-13-8-14-44-31-18-27(36-20(3)37-31)22-9-11-23(34)12-10-22/h9-12,16-18,24,28,33H,6-8,13-15,19,35H2,1-5H3/t24-,28+,33?/m1/s1. The Hall–Kier alpha value is -4.10. The van der Waals surface area contributed by atoms with E-state index in [4.69, 9.17) is 29.4 Å². The lowest BCUT2D eigenvalue weighted by Crippen LogP contribution is -2.43. The molecule has 11 nitrogen and oxygen atoms in total. The van der Waals surface area contributed by atoms with Crippen LogP contribution in [-0.4, -0.2) is 83.6 Å². The molecule has 46 heavy (non-hydrogen) atoms. The number of benzene rings is 2. The van der Waals surface area contributed by atoms with E-state index in [1.54, 1.807) is 53.9 Å². The molecule has 0 bridgehead atoms. The predicted molar refractivity (Wildman–Crippen MR) is 174 cm³/mol. The van der Waals surface area contributed by atoms with Crippen LogP contribution >= 0.6 is 11.8 Å². The Bertz CT molecular complexity index is 1490. The van der Waals surface area contributed by atoms with Gasteiger partial charge in [0.15, 0.2) is 11.5 Å². The number of carbonyl (C=O) groups is 2. The lowest BCUT2D eigenvalue weighted by atomic mass is 10.1. The fraction of sp³-hybridized carbons (Fsp3) is 0.455. The first kappa shape index (κ1) is 34.8. The van der Waals surface area contributed by atoms with Gasteiger partial charge < -0.3 is 34.3 Å². The van der Waals surface area contributed by atoms with E-state index in [9.17, 15) is 14.0 Å². The SMILES string of the molecule is CCOC(SCC)[C@@H]1C[C@@H](OC(C)=O)CN1C(=O)c1cc(OC)c(OCCCOc2cc(-c3ccc(F)cc3)nc(C)n2)cc1N. The lowest BCUT2D eigenvalue weighted by molar-refractivity contribution is -0.145. The van der Waals surface area contributed by atoms with Gasteiger partial charge in [-0.1, -0.05) is 6.92 Å². The molecule has 3 atom stereocenters. The van der Waals surface area contributed by atoms with Gasteiger partial charge in [-0.05, 0) is 49.9 Å². The summed E-state index contributed by atoms with van der Waals surface area (Å²) in [5, 5.41) is 0. The van der Waals surface area contributed by atoms with Crippen molar-refractivity contribution in [2.75, 3.05) is 45.0 Å². The van der Waals surface area contributed by atoms with Crippen LogP contribution in [0.25, 0.3) is 11.3 Å². The number of esters is 1. The summed E-state index contributed by atoms with van der Waals surface area (Å²) in [5.41, 5.74) is 7.98. The molecule has 1 amide bonds. The maximum atomic E-state index is 13.9. The molecule has 0 aliphatic carbocycles. The van der Waals surface area contributed by atoms with Gasteiger partial charge in [0.2, 0.25) is 5.88 Å². The number of hydrogen-bond acceptors (Lipinski definition) is 11. The third kappa shape index (κ3) is 9.00. The van der Waals surface area contributed by atoms with Crippen LogP contribution in [0.15, 0.2) is 42.5 Å². The molecule has 2 aromatic carbocycles. The van der Waals surface area contributed by atoms with Crippen LogP contribution in [0.5, 0.6) is 17.4 Å². The number of ether oxygens (including phenoxy) is 5. The molecule has 0 spiro atoms. The van der Waals surface area contributed by atoms with E-state index in [1.807, 2.05) is 13.8 Å².